The van der Waals surface area contributed by atoms with Crippen LogP contribution in [0.1, 0.15) is 39.0 Å². The van der Waals surface area contributed by atoms with Crippen LogP contribution in [0.3, 0.4) is 0 Å². The molecule has 1 saturated heterocycles. The van der Waals surface area contributed by atoms with E-state index in [9.17, 15) is 9.18 Å². The first-order valence-electron chi connectivity index (χ1n) is 7.65. The lowest BCUT2D eigenvalue weighted by atomic mass is 10.1. The van der Waals surface area contributed by atoms with E-state index < -0.39 is 5.82 Å². The molecule has 1 aromatic rings. The second-order valence-corrected chi connectivity index (χ2v) is 5.76. The number of amides is 1. The molecule has 1 heterocycles. The Morgan fingerprint density at radius 2 is 2.24 bits per heavy atom. The minimum absolute atomic E-state index is 0.0789. The van der Waals surface area contributed by atoms with Crippen LogP contribution in [-0.2, 0) is 4.79 Å². The molecule has 0 spiro atoms. The molecule has 1 fully saturated rings. The summed E-state index contributed by atoms with van der Waals surface area (Å²) in [5.41, 5.74) is 6.42. The zero-order chi connectivity index (χ0) is 15.2. The van der Waals surface area contributed by atoms with Gasteiger partial charge >= 0.3 is 0 Å². The van der Waals surface area contributed by atoms with Gasteiger partial charge in [-0.3, -0.25) is 4.79 Å². The minimum Gasteiger partial charge on any atom is -0.397 e. The number of rotatable bonds is 4. The Kier molecular flexibility index (Phi) is 5.56. The molecule has 1 atom stereocenters. The van der Waals surface area contributed by atoms with Crippen LogP contribution < -0.4 is 11.1 Å². The van der Waals surface area contributed by atoms with E-state index in [0.29, 0.717) is 18.2 Å². The summed E-state index contributed by atoms with van der Waals surface area (Å²) < 4.78 is 13.0. The molecular formula is C16H24FN3O. The highest BCUT2D eigenvalue weighted by molar-refractivity contribution is 5.93. The van der Waals surface area contributed by atoms with Crippen molar-refractivity contribution in [1.82, 2.24) is 4.90 Å². The zero-order valence-corrected chi connectivity index (χ0v) is 12.6. The predicted octanol–water partition coefficient (Wildman–Crippen LogP) is 3.00. The van der Waals surface area contributed by atoms with Gasteiger partial charge in [-0.15, -0.1) is 0 Å². The van der Waals surface area contributed by atoms with Crippen molar-refractivity contribution in [2.45, 2.75) is 45.1 Å². The fourth-order valence-electron chi connectivity index (χ4n) is 2.77. The summed E-state index contributed by atoms with van der Waals surface area (Å²) in [4.78, 5) is 14.4. The van der Waals surface area contributed by atoms with Gasteiger partial charge in [-0.1, -0.05) is 12.8 Å². The van der Waals surface area contributed by atoms with E-state index in [1.54, 1.807) is 0 Å². The molecule has 1 aromatic carbocycles. The van der Waals surface area contributed by atoms with Gasteiger partial charge in [-0.05, 0) is 44.5 Å². The van der Waals surface area contributed by atoms with E-state index in [0.717, 1.165) is 13.1 Å². The van der Waals surface area contributed by atoms with Gasteiger partial charge in [-0.25, -0.2) is 4.39 Å². The summed E-state index contributed by atoms with van der Waals surface area (Å²) in [5.74, 6) is -0.478. The van der Waals surface area contributed by atoms with Gasteiger partial charge in [0.25, 0.3) is 0 Å². The van der Waals surface area contributed by atoms with Crippen LogP contribution in [0, 0.1) is 5.82 Å². The molecule has 2 rings (SSSR count). The van der Waals surface area contributed by atoms with E-state index in [-0.39, 0.29) is 11.6 Å². The van der Waals surface area contributed by atoms with Gasteiger partial charge in [0.1, 0.15) is 5.82 Å². The van der Waals surface area contributed by atoms with Gasteiger partial charge in [0.15, 0.2) is 0 Å². The van der Waals surface area contributed by atoms with Crippen LogP contribution in [0.15, 0.2) is 18.2 Å². The number of anilines is 2. The molecular weight excluding hydrogens is 269 g/mol. The molecule has 0 saturated carbocycles. The molecule has 0 radical (unpaired) electrons. The normalized spacial score (nSPS) is 20.0. The Morgan fingerprint density at radius 3 is 3.00 bits per heavy atom. The molecule has 21 heavy (non-hydrogen) atoms. The monoisotopic (exact) mass is 293 g/mol. The third kappa shape index (κ3) is 4.70. The highest BCUT2D eigenvalue weighted by atomic mass is 19.1. The fourth-order valence-corrected chi connectivity index (χ4v) is 2.77. The van der Waals surface area contributed by atoms with E-state index in [1.807, 2.05) is 0 Å². The van der Waals surface area contributed by atoms with Crippen molar-refractivity contribution in [1.29, 1.82) is 0 Å². The zero-order valence-electron chi connectivity index (χ0n) is 12.6. The minimum atomic E-state index is -0.399. The average molecular weight is 293 g/mol. The quantitative estimate of drug-likeness (QED) is 0.839. The molecule has 4 nitrogen and oxygen atoms in total. The van der Waals surface area contributed by atoms with Gasteiger partial charge in [0.05, 0.1) is 11.4 Å². The summed E-state index contributed by atoms with van der Waals surface area (Å²) >= 11 is 0. The maximum absolute atomic E-state index is 13.0. The number of halogens is 1. The number of carbonyl (C=O) groups is 1. The molecule has 3 N–H and O–H groups in total. The maximum Gasteiger partial charge on any atom is 0.225 e. The summed E-state index contributed by atoms with van der Waals surface area (Å²) in [6.07, 6.45) is 5.39. The first-order valence-corrected chi connectivity index (χ1v) is 7.65. The SMILES string of the molecule is CC1CCCCCN1CCC(=O)Nc1ccc(F)cc1N. The number of likely N-dealkylation sites (tertiary alicyclic amines) is 1. The molecule has 1 aliphatic heterocycles. The van der Waals surface area contributed by atoms with E-state index in [2.05, 4.69) is 17.1 Å². The Labute approximate surface area is 125 Å². The van der Waals surface area contributed by atoms with Crippen molar-refractivity contribution in [2.24, 2.45) is 0 Å². The van der Waals surface area contributed by atoms with Crippen molar-refractivity contribution in [2.75, 3.05) is 24.1 Å². The van der Waals surface area contributed by atoms with Gasteiger partial charge in [0.2, 0.25) is 5.91 Å². The van der Waals surface area contributed by atoms with Crippen molar-refractivity contribution in [3.05, 3.63) is 24.0 Å². The summed E-state index contributed by atoms with van der Waals surface area (Å²) in [6, 6.07) is 4.54. The van der Waals surface area contributed by atoms with Crippen LogP contribution in [-0.4, -0.2) is 29.9 Å². The lowest BCUT2D eigenvalue weighted by Crippen LogP contribution is -2.35. The molecule has 116 valence electrons. The molecule has 1 unspecified atom stereocenters. The van der Waals surface area contributed by atoms with Crippen molar-refractivity contribution in [3.8, 4) is 0 Å². The largest absolute Gasteiger partial charge is 0.397 e. The Hall–Kier alpha value is -1.62. The van der Waals surface area contributed by atoms with Crippen molar-refractivity contribution in [3.63, 3.8) is 0 Å². The number of nitrogens with two attached hydrogens (primary N) is 1. The lowest BCUT2D eigenvalue weighted by molar-refractivity contribution is -0.116. The summed E-state index contributed by atoms with van der Waals surface area (Å²) in [6.45, 7) is 4.04. The number of nitrogen functional groups attached to an aromatic ring is 1. The summed E-state index contributed by atoms with van der Waals surface area (Å²) in [7, 11) is 0. The van der Waals surface area contributed by atoms with E-state index in [1.165, 1.54) is 43.9 Å². The standard InChI is InChI=1S/C16H24FN3O/c1-12-5-3-2-4-9-20(12)10-8-16(21)19-15-7-6-13(17)11-14(15)18/h6-7,11-12H,2-5,8-10,18H2,1H3,(H,19,21). The van der Waals surface area contributed by atoms with E-state index in [4.69, 9.17) is 5.73 Å². The van der Waals surface area contributed by atoms with Crippen LogP contribution in [0.5, 0.6) is 0 Å². The molecule has 1 amide bonds. The molecule has 1 aliphatic rings. The molecule has 5 heteroatoms. The third-order valence-electron chi connectivity index (χ3n) is 4.10. The average Bonchev–Trinajstić information content (AvgIpc) is 2.64. The second-order valence-electron chi connectivity index (χ2n) is 5.76. The fraction of sp³-hybridized carbons (Fsp3) is 0.562. The number of carbonyl (C=O) groups excluding carboxylic acids is 1. The van der Waals surface area contributed by atoms with Crippen LogP contribution >= 0.6 is 0 Å². The summed E-state index contributed by atoms with van der Waals surface area (Å²) in [5, 5.41) is 2.75. The van der Waals surface area contributed by atoms with E-state index >= 15 is 0 Å². The van der Waals surface area contributed by atoms with Crippen molar-refractivity contribution < 1.29 is 9.18 Å². The van der Waals surface area contributed by atoms with Gasteiger partial charge in [-0.2, -0.15) is 0 Å². The molecule has 0 bridgehead atoms. The predicted molar refractivity (Wildman–Crippen MR) is 83.6 cm³/mol. The van der Waals surface area contributed by atoms with Crippen LogP contribution in [0.4, 0.5) is 15.8 Å². The number of benzene rings is 1. The topological polar surface area (TPSA) is 58.4 Å². The highest BCUT2D eigenvalue weighted by Crippen LogP contribution is 2.20. The first-order chi connectivity index (χ1) is 10.1. The second kappa shape index (κ2) is 7.41. The van der Waals surface area contributed by atoms with Crippen molar-refractivity contribution >= 4 is 17.3 Å². The smallest absolute Gasteiger partial charge is 0.225 e. The lowest BCUT2D eigenvalue weighted by Gasteiger charge is -2.26. The number of hydrogen-bond acceptors (Lipinski definition) is 3. The Bertz CT molecular complexity index is 492. The molecule has 0 aromatic heterocycles. The molecule has 0 aliphatic carbocycles. The van der Waals surface area contributed by atoms with Gasteiger partial charge in [0, 0.05) is 19.0 Å². The van der Waals surface area contributed by atoms with Crippen LogP contribution in [0.25, 0.3) is 0 Å². The third-order valence-corrected chi connectivity index (χ3v) is 4.10. The Balaban J connectivity index is 1.84. The highest BCUT2D eigenvalue weighted by Gasteiger charge is 2.17. The first kappa shape index (κ1) is 15.8. The number of nitrogens with one attached hydrogen (secondary N) is 1. The number of hydrogen-bond donors (Lipinski definition) is 2. The number of nitrogens with zero attached hydrogens (tertiary/aromatic N) is 1. The Morgan fingerprint density at radius 1 is 1.43 bits per heavy atom. The van der Waals surface area contributed by atoms with Crippen LogP contribution in [0.2, 0.25) is 0 Å². The van der Waals surface area contributed by atoms with Gasteiger partial charge < -0.3 is 16.0 Å². The maximum atomic E-state index is 13.0.